The van der Waals surface area contributed by atoms with Gasteiger partial charge in [0.2, 0.25) is 0 Å². The van der Waals surface area contributed by atoms with E-state index in [1.807, 2.05) is 0 Å². The van der Waals surface area contributed by atoms with Gasteiger partial charge < -0.3 is 5.32 Å². The van der Waals surface area contributed by atoms with Crippen molar-refractivity contribution < 1.29 is 0 Å². The Morgan fingerprint density at radius 2 is 1.75 bits per heavy atom. The van der Waals surface area contributed by atoms with Crippen molar-refractivity contribution in [1.82, 2.24) is 5.32 Å². The molecule has 0 aromatic rings. The SMILES string of the molecule is CCNCC(C)SC(C)C(C)C. The van der Waals surface area contributed by atoms with Gasteiger partial charge in [0.15, 0.2) is 0 Å². The molecular formula is C10H23NS. The summed E-state index contributed by atoms with van der Waals surface area (Å²) in [7, 11) is 0. The Kier molecular flexibility index (Phi) is 6.96. The van der Waals surface area contributed by atoms with Gasteiger partial charge in [-0.25, -0.2) is 0 Å². The minimum absolute atomic E-state index is 0.738. The van der Waals surface area contributed by atoms with Crippen LogP contribution in [0.2, 0.25) is 0 Å². The first kappa shape index (κ1) is 12.3. The summed E-state index contributed by atoms with van der Waals surface area (Å²) in [5.74, 6) is 0.791. The highest BCUT2D eigenvalue weighted by Crippen LogP contribution is 2.22. The lowest BCUT2D eigenvalue weighted by atomic mass is 10.2. The van der Waals surface area contributed by atoms with Gasteiger partial charge in [0.05, 0.1) is 0 Å². The summed E-state index contributed by atoms with van der Waals surface area (Å²) < 4.78 is 0. The van der Waals surface area contributed by atoms with Gasteiger partial charge in [-0.05, 0) is 12.5 Å². The highest BCUT2D eigenvalue weighted by molar-refractivity contribution is 8.00. The lowest BCUT2D eigenvalue weighted by Gasteiger charge is -2.20. The van der Waals surface area contributed by atoms with Crippen LogP contribution < -0.4 is 5.32 Å². The smallest absolute Gasteiger partial charge is 0.0146 e. The lowest BCUT2D eigenvalue weighted by Crippen LogP contribution is -2.24. The Balaban J connectivity index is 3.47. The molecule has 0 rings (SSSR count). The molecule has 0 aliphatic carbocycles. The molecule has 0 fully saturated rings. The second kappa shape index (κ2) is 6.79. The minimum atomic E-state index is 0.738. The summed E-state index contributed by atoms with van der Waals surface area (Å²) in [6, 6.07) is 0. The van der Waals surface area contributed by atoms with E-state index in [1.54, 1.807) is 0 Å². The second-order valence-electron chi connectivity index (χ2n) is 3.70. The molecule has 0 heterocycles. The molecule has 0 saturated heterocycles. The Morgan fingerprint density at radius 3 is 2.17 bits per heavy atom. The lowest BCUT2D eigenvalue weighted by molar-refractivity contribution is 0.635. The minimum Gasteiger partial charge on any atom is -0.316 e. The molecule has 0 amide bonds. The fraction of sp³-hybridized carbons (Fsp3) is 1.00. The average Bonchev–Trinajstić information content (AvgIpc) is 2.00. The second-order valence-corrected chi connectivity index (χ2v) is 5.52. The van der Waals surface area contributed by atoms with Crippen molar-refractivity contribution in [3.63, 3.8) is 0 Å². The predicted molar refractivity (Wildman–Crippen MR) is 59.9 cm³/mol. The van der Waals surface area contributed by atoms with Gasteiger partial charge in [0, 0.05) is 17.0 Å². The zero-order chi connectivity index (χ0) is 9.56. The summed E-state index contributed by atoms with van der Waals surface area (Å²) >= 11 is 2.09. The maximum absolute atomic E-state index is 3.37. The summed E-state index contributed by atoms with van der Waals surface area (Å²) in [5, 5.41) is 4.89. The van der Waals surface area contributed by atoms with Crippen molar-refractivity contribution in [3.05, 3.63) is 0 Å². The van der Waals surface area contributed by atoms with Crippen LogP contribution in [0.5, 0.6) is 0 Å². The molecule has 0 bridgehead atoms. The van der Waals surface area contributed by atoms with Gasteiger partial charge in [-0.1, -0.05) is 34.6 Å². The first-order valence-electron chi connectivity index (χ1n) is 4.94. The number of hydrogen-bond donors (Lipinski definition) is 1. The summed E-state index contributed by atoms with van der Waals surface area (Å²) in [4.78, 5) is 0. The number of rotatable bonds is 6. The van der Waals surface area contributed by atoms with Crippen molar-refractivity contribution in [2.75, 3.05) is 13.1 Å². The van der Waals surface area contributed by atoms with E-state index in [2.05, 4.69) is 51.7 Å². The van der Waals surface area contributed by atoms with Crippen molar-refractivity contribution in [2.24, 2.45) is 5.92 Å². The Morgan fingerprint density at radius 1 is 1.17 bits per heavy atom. The Bertz CT molecular complexity index is 104. The highest BCUT2D eigenvalue weighted by atomic mass is 32.2. The summed E-state index contributed by atoms with van der Waals surface area (Å²) in [6.07, 6.45) is 0. The third-order valence-corrected chi connectivity index (χ3v) is 3.67. The van der Waals surface area contributed by atoms with E-state index in [1.165, 1.54) is 0 Å². The van der Waals surface area contributed by atoms with Crippen LogP contribution in [0.15, 0.2) is 0 Å². The molecule has 2 unspecified atom stereocenters. The molecule has 0 aromatic heterocycles. The van der Waals surface area contributed by atoms with Crippen molar-refractivity contribution in [2.45, 2.75) is 45.1 Å². The highest BCUT2D eigenvalue weighted by Gasteiger charge is 2.11. The molecule has 1 nitrogen and oxygen atoms in total. The number of hydrogen-bond acceptors (Lipinski definition) is 2. The maximum atomic E-state index is 3.37. The van der Waals surface area contributed by atoms with Crippen LogP contribution in [0, 0.1) is 5.92 Å². The summed E-state index contributed by atoms with van der Waals surface area (Å²) in [6.45, 7) is 13.6. The van der Waals surface area contributed by atoms with Gasteiger partial charge >= 0.3 is 0 Å². The predicted octanol–water partition coefficient (Wildman–Crippen LogP) is 2.76. The van der Waals surface area contributed by atoms with Crippen LogP contribution in [0.25, 0.3) is 0 Å². The van der Waals surface area contributed by atoms with E-state index in [-0.39, 0.29) is 0 Å². The molecule has 0 aliphatic rings. The fourth-order valence-electron chi connectivity index (χ4n) is 0.919. The van der Waals surface area contributed by atoms with Crippen molar-refractivity contribution >= 4 is 11.8 Å². The zero-order valence-corrected chi connectivity index (χ0v) is 9.87. The third kappa shape index (κ3) is 5.90. The maximum Gasteiger partial charge on any atom is 0.0146 e. The molecule has 74 valence electrons. The Hall–Kier alpha value is 0.310. The summed E-state index contributed by atoms with van der Waals surface area (Å²) in [5.41, 5.74) is 0. The van der Waals surface area contributed by atoms with Crippen LogP contribution in [-0.4, -0.2) is 23.6 Å². The monoisotopic (exact) mass is 189 g/mol. The van der Waals surface area contributed by atoms with E-state index < -0.39 is 0 Å². The standard InChI is InChI=1S/C10H23NS/c1-6-11-7-9(4)12-10(5)8(2)3/h8-11H,6-7H2,1-5H3. The van der Waals surface area contributed by atoms with Gasteiger partial charge in [-0.2, -0.15) is 11.8 Å². The van der Waals surface area contributed by atoms with E-state index >= 15 is 0 Å². The van der Waals surface area contributed by atoms with Crippen LogP contribution in [0.4, 0.5) is 0 Å². The van der Waals surface area contributed by atoms with Crippen LogP contribution in [0.1, 0.15) is 34.6 Å². The molecule has 0 aliphatic heterocycles. The van der Waals surface area contributed by atoms with Crippen molar-refractivity contribution in [1.29, 1.82) is 0 Å². The quantitative estimate of drug-likeness (QED) is 0.689. The molecule has 0 saturated carbocycles. The van der Waals surface area contributed by atoms with Crippen LogP contribution >= 0.6 is 11.8 Å². The number of thioether (sulfide) groups is 1. The molecule has 0 spiro atoms. The van der Waals surface area contributed by atoms with E-state index in [4.69, 9.17) is 0 Å². The first-order chi connectivity index (χ1) is 5.57. The average molecular weight is 189 g/mol. The molecule has 0 aromatic carbocycles. The third-order valence-electron chi connectivity index (χ3n) is 2.07. The Labute approximate surface area is 81.7 Å². The topological polar surface area (TPSA) is 12.0 Å². The van der Waals surface area contributed by atoms with Crippen LogP contribution in [0.3, 0.4) is 0 Å². The van der Waals surface area contributed by atoms with Crippen LogP contribution in [-0.2, 0) is 0 Å². The van der Waals surface area contributed by atoms with Gasteiger partial charge in [0.25, 0.3) is 0 Å². The molecule has 1 N–H and O–H groups in total. The zero-order valence-electron chi connectivity index (χ0n) is 9.05. The van der Waals surface area contributed by atoms with Gasteiger partial charge in [-0.15, -0.1) is 0 Å². The van der Waals surface area contributed by atoms with Gasteiger partial charge in [0.1, 0.15) is 0 Å². The van der Waals surface area contributed by atoms with E-state index in [0.29, 0.717) is 0 Å². The normalized spacial score (nSPS) is 16.5. The molecule has 0 radical (unpaired) electrons. The van der Waals surface area contributed by atoms with Gasteiger partial charge in [-0.3, -0.25) is 0 Å². The fourth-order valence-corrected chi connectivity index (χ4v) is 2.18. The molecular weight excluding hydrogens is 166 g/mol. The molecule has 12 heavy (non-hydrogen) atoms. The van der Waals surface area contributed by atoms with E-state index in [9.17, 15) is 0 Å². The number of nitrogens with one attached hydrogen (secondary N) is 1. The first-order valence-corrected chi connectivity index (χ1v) is 5.88. The molecule has 2 heteroatoms. The van der Waals surface area contributed by atoms with Crippen molar-refractivity contribution in [3.8, 4) is 0 Å². The largest absolute Gasteiger partial charge is 0.316 e. The molecule has 2 atom stereocenters. The van der Waals surface area contributed by atoms with E-state index in [0.717, 1.165) is 29.5 Å².